The molecular formula is C15H23ClN2O. The van der Waals surface area contributed by atoms with Crippen LogP contribution in [0.25, 0.3) is 0 Å². The van der Waals surface area contributed by atoms with Crippen molar-refractivity contribution in [3.63, 3.8) is 0 Å². The number of nitrogens with two attached hydrogens (primary N) is 1. The molecule has 1 heterocycles. The summed E-state index contributed by atoms with van der Waals surface area (Å²) < 4.78 is 0. The molecule has 1 saturated heterocycles. The molecule has 0 spiro atoms. The third-order valence-corrected chi connectivity index (χ3v) is 3.95. The Morgan fingerprint density at radius 3 is 2.42 bits per heavy atom. The molecule has 4 heteroatoms. The van der Waals surface area contributed by atoms with Gasteiger partial charge in [0.15, 0.2) is 0 Å². The highest BCUT2D eigenvalue weighted by molar-refractivity contribution is 5.97. The van der Waals surface area contributed by atoms with Crippen molar-refractivity contribution >= 4 is 18.3 Å². The van der Waals surface area contributed by atoms with Crippen LogP contribution >= 0.6 is 12.4 Å². The SMILES string of the molecule is Cc1cccc(C)c1C(=O)N1CCC(N)C(C)C1.Cl. The quantitative estimate of drug-likeness (QED) is 0.860. The van der Waals surface area contributed by atoms with E-state index in [-0.39, 0.29) is 24.4 Å². The van der Waals surface area contributed by atoms with E-state index in [1.165, 1.54) is 0 Å². The molecule has 106 valence electrons. The summed E-state index contributed by atoms with van der Waals surface area (Å²) in [6, 6.07) is 6.22. The molecule has 0 aliphatic carbocycles. The van der Waals surface area contributed by atoms with Crippen LogP contribution in [-0.4, -0.2) is 29.9 Å². The lowest BCUT2D eigenvalue weighted by Crippen LogP contribution is -2.48. The number of halogens is 1. The second-order valence-corrected chi connectivity index (χ2v) is 5.45. The molecule has 0 radical (unpaired) electrons. The maximum atomic E-state index is 12.6. The molecule has 2 N–H and O–H groups in total. The van der Waals surface area contributed by atoms with Crippen molar-refractivity contribution in [2.24, 2.45) is 11.7 Å². The maximum absolute atomic E-state index is 12.6. The molecule has 2 atom stereocenters. The number of nitrogens with zero attached hydrogens (tertiary/aromatic N) is 1. The van der Waals surface area contributed by atoms with Gasteiger partial charge in [-0.15, -0.1) is 12.4 Å². The Morgan fingerprint density at radius 1 is 1.32 bits per heavy atom. The van der Waals surface area contributed by atoms with Crippen LogP contribution in [0.3, 0.4) is 0 Å². The number of aryl methyl sites for hydroxylation is 2. The first-order valence-corrected chi connectivity index (χ1v) is 6.61. The van der Waals surface area contributed by atoms with E-state index in [1.54, 1.807) is 0 Å². The van der Waals surface area contributed by atoms with Gasteiger partial charge in [0, 0.05) is 24.7 Å². The van der Waals surface area contributed by atoms with Gasteiger partial charge in [-0.3, -0.25) is 4.79 Å². The summed E-state index contributed by atoms with van der Waals surface area (Å²) in [6.07, 6.45) is 0.901. The third kappa shape index (κ3) is 3.28. The minimum Gasteiger partial charge on any atom is -0.338 e. The van der Waals surface area contributed by atoms with Gasteiger partial charge in [-0.25, -0.2) is 0 Å². The fraction of sp³-hybridized carbons (Fsp3) is 0.533. The van der Waals surface area contributed by atoms with Gasteiger partial charge in [-0.2, -0.15) is 0 Å². The standard InChI is InChI=1S/C15H22N2O.ClH/c1-10-5-4-6-11(2)14(10)15(18)17-8-7-13(16)12(3)9-17;/h4-6,12-13H,7-9,16H2,1-3H3;1H. The van der Waals surface area contributed by atoms with Gasteiger partial charge < -0.3 is 10.6 Å². The summed E-state index contributed by atoms with van der Waals surface area (Å²) in [5, 5.41) is 0. The van der Waals surface area contributed by atoms with Crippen LogP contribution in [0, 0.1) is 19.8 Å². The lowest BCUT2D eigenvalue weighted by Gasteiger charge is -2.35. The molecule has 19 heavy (non-hydrogen) atoms. The molecule has 1 aliphatic heterocycles. The number of piperidine rings is 1. The molecule has 0 bridgehead atoms. The second kappa shape index (κ2) is 6.40. The molecule has 3 nitrogen and oxygen atoms in total. The Hall–Kier alpha value is -1.06. The van der Waals surface area contributed by atoms with E-state index in [1.807, 2.05) is 36.9 Å². The molecular weight excluding hydrogens is 260 g/mol. The van der Waals surface area contributed by atoms with Gasteiger partial charge >= 0.3 is 0 Å². The van der Waals surface area contributed by atoms with Gasteiger partial charge in [0.25, 0.3) is 5.91 Å². The molecule has 1 amide bonds. The van der Waals surface area contributed by atoms with E-state index >= 15 is 0 Å². The van der Waals surface area contributed by atoms with E-state index in [9.17, 15) is 4.79 Å². The van der Waals surface area contributed by atoms with Crippen LogP contribution < -0.4 is 5.73 Å². The molecule has 0 aromatic heterocycles. The minimum absolute atomic E-state index is 0. The predicted octanol–water partition coefficient (Wildman–Crippen LogP) is 2.53. The van der Waals surface area contributed by atoms with Crippen molar-refractivity contribution in [1.82, 2.24) is 4.90 Å². The van der Waals surface area contributed by atoms with E-state index in [0.29, 0.717) is 5.92 Å². The van der Waals surface area contributed by atoms with E-state index in [2.05, 4.69) is 6.92 Å². The van der Waals surface area contributed by atoms with E-state index < -0.39 is 0 Å². The zero-order chi connectivity index (χ0) is 13.3. The summed E-state index contributed by atoms with van der Waals surface area (Å²) in [7, 11) is 0. The number of amides is 1. The fourth-order valence-electron chi connectivity index (χ4n) is 2.66. The van der Waals surface area contributed by atoms with Crippen LogP contribution in [0.2, 0.25) is 0 Å². The largest absolute Gasteiger partial charge is 0.338 e. The van der Waals surface area contributed by atoms with Crippen molar-refractivity contribution < 1.29 is 4.79 Å². The lowest BCUT2D eigenvalue weighted by molar-refractivity contribution is 0.0662. The Morgan fingerprint density at radius 2 is 1.89 bits per heavy atom. The first-order valence-electron chi connectivity index (χ1n) is 6.61. The van der Waals surface area contributed by atoms with Crippen LogP contribution in [0.4, 0.5) is 0 Å². The van der Waals surface area contributed by atoms with Crippen LogP contribution in [-0.2, 0) is 0 Å². The molecule has 1 aromatic carbocycles. The number of hydrogen-bond acceptors (Lipinski definition) is 2. The van der Waals surface area contributed by atoms with Crippen molar-refractivity contribution in [1.29, 1.82) is 0 Å². The number of rotatable bonds is 1. The highest BCUT2D eigenvalue weighted by Gasteiger charge is 2.28. The Bertz CT molecular complexity index is 441. The summed E-state index contributed by atoms with van der Waals surface area (Å²) >= 11 is 0. The summed E-state index contributed by atoms with van der Waals surface area (Å²) in [5.41, 5.74) is 8.98. The van der Waals surface area contributed by atoms with Crippen molar-refractivity contribution in [3.05, 3.63) is 34.9 Å². The van der Waals surface area contributed by atoms with Gasteiger partial charge in [0.05, 0.1) is 0 Å². The van der Waals surface area contributed by atoms with E-state index in [0.717, 1.165) is 36.2 Å². The van der Waals surface area contributed by atoms with Gasteiger partial charge in [0.1, 0.15) is 0 Å². The number of carbonyl (C=O) groups is 1. The molecule has 0 saturated carbocycles. The van der Waals surface area contributed by atoms with Crippen molar-refractivity contribution in [2.45, 2.75) is 33.2 Å². The summed E-state index contributed by atoms with van der Waals surface area (Å²) in [4.78, 5) is 14.5. The molecule has 1 aromatic rings. The zero-order valence-electron chi connectivity index (χ0n) is 11.8. The number of hydrogen-bond donors (Lipinski definition) is 1. The van der Waals surface area contributed by atoms with Crippen molar-refractivity contribution in [3.8, 4) is 0 Å². The average Bonchev–Trinajstić information content (AvgIpc) is 2.32. The molecule has 2 unspecified atom stereocenters. The first-order chi connectivity index (χ1) is 8.50. The normalized spacial score (nSPS) is 22.8. The van der Waals surface area contributed by atoms with Crippen LogP contribution in [0.1, 0.15) is 34.8 Å². The smallest absolute Gasteiger partial charge is 0.254 e. The molecule has 1 aliphatic rings. The number of carbonyl (C=O) groups excluding carboxylic acids is 1. The van der Waals surface area contributed by atoms with Gasteiger partial charge in [-0.1, -0.05) is 25.1 Å². The zero-order valence-corrected chi connectivity index (χ0v) is 12.7. The first kappa shape index (κ1) is 16.0. The lowest BCUT2D eigenvalue weighted by atomic mass is 9.93. The highest BCUT2D eigenvalue weighted by atomic mass is 35.5. The fourth-order valence-corrected chi connectivity index (χ4v) is 2.66. The maximum Gasteiger partial charge on any atom is 0.254 e. The predicted molar refractivity (Wildman–Crippen MR) is 80.8 cm³/mol. The van der Waals surface area contributed by atoms with Crippen LogP contribution in [0.5, 0.6) is 0 Å². The van der Waals surface area contributed by atoms with E-state index in [4.69, 9.17) is 5.73 Å². The third-order valence-electron chi connectivity index (χ3n) is 3.95. The monoisotopic (exact) mass is 282 g/mol. The topological polar surface area (TPSA) is 46.3 Å². The van der Waals surface area contributed by atoms with Crippen molar-refractivity contribution in [2.75, 3.05) is 13.1 Å². The highest BCUT2D eigenvalue weighted by Crippen LogP contribution is 2.21. The molecule has 1 fully saturated rings. The summed E-state index contributed by atoms with van der Waals surface area (Å²) in [6.45, 7) is 7.67. The number of likely N-dealkylation sites (tertiary alicyclic amines) is 1. The minimum atomic E-state index is 0. The second-order valence-electron chi connectivity index (χ2n) is 5.45. The number of benzene rings is 1. The van der Waals surface area contributed by atoms with Gasteiger partial charge in [0.2, 0.25) is 0 Å². The van der Waals surface area contributed by atoms with Crippen LogP contribution in [0.15, 0.2) is 18.2 Å². The van der Waals surface area contributed by atoms with Gasteiger partial charge in [-0.05, 0) is 37.3 Å². The Labute approximate surface area is 121 Å². The Kier molecular flexibility index (Phi) is 5.39. The molecule has 2 rings (SSSR count). The average molecular weight is 283 g/mol. The summed E-state index contributed by atoms with van der Waals surface area (Å²) in [5.74, 6) is 0.538. The Balaban J connectivity index is 0.00000180.